The van der Waals surface area contributed by atoms with Crippen molar-refractivity contribution in [2.75, 3.05) is 6.26 Å². The first-order chi connectivity index (χ1) is 20.9. The van der Waals surface area contributed by atoms with Gasteiger partial charge in [-0.15, -0.1) is 11.8 Å². The maximum absolute atomic E-state index is 15.2. The fraction of sp³-hybridized carbons (Fsp3) is 0.273. The molecular weight excluding hydrogens is 591 g/mol. The van der Waals surface area contributed by atoms with Crippen LogP contribution in [0.1, 0.15) is 50.4 Å². The van der Waals surface area contributed by atoms with Crippen molar-refractivity contribution in [3.8, 4) is 28.6 Å². The number of aromatic nitrogens is 3. The first-order valence-electron chi connectivity index (χ1n) is 14.0. The molecule has 3 N–H and O–H groups in total. The van der Waals surface area contributed by atoms with Gasteiger partial charge in [0.2, 0.25) is 5.82 Å². The average Bonchev–Trinajstić information content (AvgIpc) is 3.66. The average molecular weight is 622 g/mol. The number of aryl methyl sites for hydroxylation is 1. The largest absolute Gasteiger partial charge is 0.487 e. The minimum absolute atomic E-state index is 0.0325. The van der Waals surface area contributed by atoms with Crippen molar-refractivity contribution in [1.29, 1.82) is 0 Å². The molecule has 0 unspecified atom stereocenters. The highest BCUT2D eigenvalue weighted by Gasteiger charge is 2.45. The number of aliphatic carboxylic acids is 1. The number of thioether (sulfide) groups is 1. The van der Waals surface area contributed by atoms with Gasteiger partial charge in [-0.1, -0.05) is 18.2 Å². The third kappa shape index (κ3) is 5.08. The van der Waals surface area contributed by atoms with E-state index in [1.54, 1.807) is 18.5 Å². The number of aromatic amines is 2. The summed E-state index contributed by atoms with van der Waals surface area (Å²) in [6.07, 6.45) is 5.81. The Hall–Kier alpha value is -4.38. The maximum Gasteiger partial charge on any atom is 0.303 e. The summed E-state index contributed by atoms with van der Waals surface area (Å²) in [7, 11) is 0. The smallest absolute Gasteiger partial charge is 0.303 e. The number of imidazole rings is 1. The number of hydrogen-bond acceptors (Lipinski definition) is 5. The van der Waals surface area contributed by atoms with Gasteiger partial charge < -0.3 is 24.5 Å². The lowest BCUT2D eigenvalue weighted by atomic mass is 9.69. The molecule has 11 heteroatoms. The Morgan fingerprint density at radius 1 is 1.11 bits per heavy atom. The molecule has 44 heavy (non-hydrogen) atoms. The van der Waals surface area contributed by atoms with Gasteiger partial charge >= 0.3 is 5.97 Å². The number of H-pyrrole nitrogens is 2. The second-order valence-electron chi connectivity index (χ2n) is 11.7. The van der Waals surface area contributed by atoms with E-state index >= 15 is 8.78 Å². The third-order valence-corrected chi connectivity index (χ3v) is 8.84. The number of fused-ring (bicyclic) bond motifs is 2. The molecule has 2 aromatic heterocycles. The predicted octanol–water partition coefficient (Wildman–Crippen LogP) is 8.37. The number of nitrogens with one attached hydrogen (secondary N) is 2. The molecule has 0 saturated carbocycles. The second kappa shape index (κ2) is 11.0. The first-order valence-corrected chi connectivity index (χ1v) is 15.2. The van der Waals surface area contributed by atoms with Crippen molar-refractivity contribution in [1.82, 2.24) is 15.0 Å². The Morgan fingerprint density at radius 3 is 2.66 bits per heavy atom. The van der Waals surface area contributed by atoms with E-state index in [2.05, 4.69) is 9.97 Å². The molecule has 0 aliphatic carbocycles. The van der Waals surface area contributed by atoms with Crippen LogP contribution in [-0.4, -0.2) is 37.9 Å². The summed E-state index contributed by atoms with van der Waals surface area (Å²) < 4.78 is 57.4. The molecule has 5 aromatic rings. The summed E-state index contributed by atoms with van der Waals surface area (Å²) in [5, 5.41) is 9.73. The normalized spacial score (nSPS) is 17.3. The van der Waals surface area contributed by atoms with Gasteiger partial charge in [0.15, 0.2) is 11.6 Å². The van der Waals surface area contributed by atoms with E-state index in [1.165, 1.54) is 36.2 Å². The van der Waals surface area contributed by atoms with Crippen LogP contribution in [0.4, 0.5) is 13.2 Å². The molecule has 3 aromatic carbocycles. The number of halogens is 3. The van der Waals surface area contributed by atoms with Crippen LogP contribution in [-0.2, 0) is 16.6 Å². The molecule has 0 spiro atoms. The SMILES string of the molecule is CSc1c(Oc2ccc(F)c(-c3nc([C@]4(C)CC(C)(C)Oc5c(CCC(=O)O)cccc54)c[nH]3)c2)c(F)c(F)c2[nH]ccc12. The number of carboxylic acid groups (broad SMARTS) is 1. The topological polar surface area (TPSA) is 100 Å². The van der Waals surface area contributed by atoms with Gasteiger partial charge in [0.1, 0.15) is 28.7 Å². The van der Waals surface area contributed by atoms with Crippen LogP contribution in [0.25, 0.3) is 22.3 Å². The third-order valence-electron chi connectivity index (χ3n) is 8.03. The van der Waals surface area contributed by atoms with E-state index in [-0.39, 0.29) is 34.8 Å². The first kappa shape index (κ1) is 29.7. The molecule has 228 valence electrons. The molecule has 7 nitrogen and oxygen atoms in total. The number of ether oxygens (including phenoxy) is 2. The van der Waals surface area contributed by atoms with Crippen molar-refractivity contribution in [2.45, 2.75) is 55.9 Å². The van der Waals surface area contributed by atoms with Gasteiger partial charge in [-0.25, -0.2) is 13.8 Å². The van der Waals surface area contributed by atoms with Gasteiger partial charge in [-0.05, 0) is 63.3 Å². The number of benzene rings is 3. The zero-order chi connectivity index (χ0) is 31.4. The Kier molecular flexibility index (Phi) is 7.39. The number of carboxylic acids is 1. The Morgan fingerprint density at radius 2 is 1.91 bits per heavy atom. The molecule has 0 saturated heterocycles. The summed E-state index contributed by atoms with van der Waals surface area (Å²) in [4.78, 5) is 22.3. The summed E-state index contributed by atoms with van der Waals surface area (Å²) in [5.41, 5.74) is 1.17. The lowest BCUT2D eigenvalue weighted by Gasteiger charge is -2.44. The summed E-state index contributed by atoms with van der Waals surface area (Å²) in [6.45, 7) is 5.96. The summed E-state index contributed by atoms with van der Waals surface area (Å²) >= 11 is 1.21. The fourth-order valence-electron chi connectivity index (χ4n) is 6.14. The van der Waals surface area contributed by atoms with Gasteiger partial charge in [0.05, 0.1) is 21.7 Å². The molecule has 0 radical (unpaired) electrons. The monoisotopic (exact) mass is 621 g/mol. The van der Waals surface area contributed by atoms with Crippen LogP contribution >= 0.6 is 11.8 Å². The molecule has 0 bridgehead atoms. The molecule has 0 fully saturated rings. The minimum Gasteiger partial charge on any atom is -0.487 e. The Labute approximate surface area is 255 Å². The minimum atomic E-state index is -1.15. The number of para-hydroxylation sites is 1. The summed E-state index contributed by atoms with van der Waals surface area (Å²) in [5.74, 6) is -2.99. The van der Waals surface area contributed by atoms with Gasteiger partial charge in [-0.3, -0.25) is 4.79 Å². The fourth-order valence-corrected chi connectivity index (χ4v) is 6.85. The molecule has 3 heterocycles. The maximum atomic E-state index is 15.2. The van der Waals surface area contributed by atoms with E-state index in [1.807, 2.05) is 39.0 Å². The van der Waals surface area contributed by atoms with Gasteiger partial charge in [0, 0.05) is 41.6 Å². The second-order valence-corrected chi connectivity index (χ2v) is 12.5. The molecular formula is C33H30F3N3O4S. The lowest BCUT2D eigenvalue weighted by molar-refractivity contribution is -0.136. The molecule has 1 atom stereocenters. The number of hydrogen-bond donors (Lipinski definition) is 3. The molecule has 0 amide bonds. The molecule has 6 rings (SSSR count). The van der Waals surface area contributed by atoms with Gasteiger partial charge in [-0.2, -0.15) is 4.39 Å². The number of rotatable bonds is 8. The van der Waals surface area contributed by atoms with E-state index < -0.39 is 34.4 Å². The standard InChI is InChI=1S/C33H30F3N3O4S/c1-32(2)16-33(3,21-7-5-6-17(28(21)43-32)8-11-24(40)41)23-15-38-31(39-23)20-14-18(9-10-22(20)34)42-29-26(36)25(35)27-19(12-13-37-27)30(29)44-4/h5-7,9-10,12-15,37H,8,11,16H2,1-4H3,(H,38,39)(H,40,41)/t33-/m1/s1. The van der Waals surface area contributed by atoms with Crippen LogP contribution in [0.5, 0.6) is 17.2 Å². The van der Waals surface area contributed by atoms with Crippen molar-refractivity contribution in [3.05, 3.63) is 89.1 Å². The van der Waals surface area contributed by atoms with Crippen LogP contribution < -0.4 is 9.47 Å². The van der Waals surface area contributed by atoms with Crippen LogP contribution in [0.15, 0.2) is 59.8 Å². The lowest BCUT2D eigenvalue weighted by Crippen LogP contribution is -2.44. The predicted molar refractivity (Wildman–Crippen MR) is 162 cm³/mol. The van der Waals surface area contributed by atoms with Crippen LogP contribution in [0.3, 0.4) is 0 Å². The highest BCUT2D eigenvalue weighted by Crippen LogP contribution is 2.50. The van der Waals surface area contributed by atoms with Crippen molar-refractivity contribution in [2.24, 2.45) is 0 Å². The highest BCUT2D eigenvalue weighted by molar-refractivity contribution is 7.99. The van der Waals surface area contributed by atoms with E-state index in [0.29, 0.717) is 34.6 Å². The van der Waals surface area contributed by atoms with E-state index in [4.69, 9.17) is 14.5 Å². The Balaban J connectivity index is 1.38. The Bertz CT molecular complexity index is 1920. The van der Waals surface area contributed by atoms with Crippen molar-refractivity contribution < 1.29 is 32.5 Å². The van der Waals surface area contributed by atoms with Crippen molar-refractivity contribution >= 4 is 28.6 Å². The van der Waals surface area contributed by atoms with E-state index in [9.17, 15) is 14.3 Å². The quantitative estimate of drug-likeness (QED) is 0.151. The van der Waals surface area contributed by atoms with Crippen LogP contribution in [0.2, 0.25) is 0 Å². The zero-order valence-corrected chi connectivity index (χ0v) is 25.3. The molecule has 1 aliphatic heterocycles. The van der Waals surface area contributed by atoms with Gasteiger partial charge in [0.25, 0.3) is 0 Å². The van der Waals surface area contributed by atoms with E-state index in [0.717, 1.165) is 11.1 Å². The van der Waals surface area contributed by atoms with Crippen molar-refractivity contribution in [3.63, 3.8) is 0 Å². The number of nitrogens with zero attached hydrogens (tertiary/aromatic N) is 1. The number of carbonyl (C=O) groups is 1. The molecule has 1 aliphatic rings. The van der Waals surface area contributed by atoms with Crippen LogP contribution in [0, 0.1) is 17.5 Å². The summed E-state index contributed by atoms with van der Waals surface area (Å²) in [6, 6.07) is 11.3. The highest BCUT2D eigenvalue weighted by atomic mass is 32.2. The zero-order valence-electron chi connectivity index (χ0n) is 24.5.